The maximum absolute atomic E-state index is 12.1. The molecule has 0 saturated carbocycles. The van der Waals surface area contributed by atoms with E-state index >= 15 is 0 Å². The van der Waals surface area contributed by atoms with Crippen molar-refractivity contribution in [1.29, 1.82) is 0 Å². The predicted octanol–water partition coefficient (Wildman–Crippen LogP) is 1.69. The predicted molar refractivity (Wildman–Crippen MR) is 110 cm³/mol. The molecule has 0 atom stereocenters. The van der Waals surface area contributed by atoms with Gasteiger partial charge in [0.05, 0.1) is 10.5 Å². The van der Waals surface area contributed by atoms with Crippen molar-refractivity contribution in [3.63, 3.8) is 0 Å². The third-order valence-electron chi connectivity index (χ3n) is 4.60. The van der Waals surface area contributed by atoms with Crippen LogP contribution in [-0.4, -0.2) is 50.9 Å². The minimum absolute atomic E-state index is 0.0513. The number of rotatable bonds is 6. The molecule has 1 fully saturated rings. The number of carbonyl (C=O) groups excluding carboxylic acids is 1. The van der Waals surface area contributed by atoms with Crippen molar-refractivity contribution in [2.24, 2.45) is 4.99 Å². The summed E-state index contributed by atoms with van der Waals surface area (Å²) in [5.74, 6) is 0.782. The number of carbonyl (C=O) groups is 1. The fraction of sp³-hybridized carbons (Fsp3) is 0.579. The van der Waals surface area contributed by atoms with E-state index in [-0.39, 0.29) is 11.7 Å². The molecule has 150 valence electrons. The summed E-state index contributed by atoms with van der Waals surface area (Å²) in [5.41, 5.74) is 1.98. The van der Waals surface area contributed by atoms with Crippen LogP contribution in [0.1, 0.15) is 39.2 Å². The van der Waals surface area contributed by atoms with Gasteiger partial charge in [-0.25, -0.2) is 8.42 Å². The van der Waals surface area contributed by atoms with E-state index in [0.717, 1.165) is 24.2 Å². The quantitative estimate of drug-likeness (QED) is 0.566. The van der Waals surface area contributed by atoms with Gasteiger partial charge in [0.1, 0.15) is 0 Å². The molecule has 2 rings (SSSR count). The van der Waals surface area contributed by atoms with Gasteiger partial charge >= 0.3 is 0 Å². The molecule has 0 aliphatic carbocycles. The Morgan fingerprint density at radius 1 is 1.19 bits per heavy atom. The summed E-state index contributed by atoms with van der Waals surface area (Å²) < 4.78 is 23.5. The van der Waals surface area contributed by atoms with Crippen molar-refractivity contribution in [2.45, 2.75) is 44.9 Å². The number of aliphatic imine (C=N–C) groups is 1. The van der Waals surface area contributed by atoms with Gasteiger partial charge in [-0.3, -0.25) is 9.79 Å². The molecule has 0 bridgehead atoms. The van der Waals surface area contributed by atoms with Crippen LogP contribution >= 0.6 is 0 Å². The minimum atomic E-state index is -3.16. The number of hydrogen-bond acceptors (Lipinski definition) is 4. The first-order valence-electron chi connectivity index (χ1n) is 9.20. The van der Waals surface area contributed by atoms with Crippen LogP contribution in [0, 0.1) is 0 Å². The van der Waals surface area contributed by atoms with E-state index in [0.29, 0.717) is 25.5 Å². The standard InChI is InChI=1S/C19H30N4O3S/c1-19(2,3)27(25,26)13-11-21-18(20-4)22-14-15-7-9-16(10-8-15)23-12-5-6-17(23)24/h7-10H,5-6,11-14H2,1-4H3,(H2,20,21,22). The maximum atomic E-state index is 12.1. The average molecular weight is 395 g/mol. The smallest absolute Gasteiger partial charge is 0.227 e. The van der Waals surface area contributed by atoms with Crippen LogP contribution < -0.4 is 15.5 Å². The summed E-state index contributed by atoms with van der Waals surface area (Å²) in [5, 5.41) is 6.21. The van der Waals surface area contributed by atoms with Gasteiger partial charge in [0.15, 0.2) is 15.8 Å². The zero-order valence-corrected chi connectivity index (χ0v) is 17.4. The molecule has 0 radical (unpaired) electrons. The lowest BCUT2D eigenvalue weighted by Gasteiger charge is -2.20. The van der Waals surface area contributed by atoms with Crippen molar-refractivity contribution in [1.82, 2.24) is 10.6 Å². The number of benzene rings is 1. The maximum Gasteiger partial charge on any atom is 0.227 e. The third kappa shape index (κ3) is 5.69. The van der Waals surface area contributed by atoms with Crippen molar-refractivity contribution in [3.8, 4) is 0 Å². The van der Waals surface area contributed by atoms with E-state index in [9.17, 15) is 13.2 Å². The number of nitrogens with one attached hydrogen (secondary N) is 2. The fourth-order valence-corrected chi connectivity index (χ4v) is 3.71. The molecular weight excluding hydrogens is 364 g/mol. The second kappa shape index (κ2) is 8.73. The molecule has 1 aliphatic heterocycles. The molecule has 1 saturated heterocycles. The molecule has 0 spiro atoms. The van der Waals surface area contributed by atoms with E-state index < -0.39 is 14.6 Å². The lowest BCUT2D eigenvalue weighted by atomic mass is 10.2. The lowest BCUT2D eigenvalue weighted by molar-refractivity contribution is -0.117. The van der Waals surface area contributed by atoms with Crippen LogP contribution in [0.3, 0.4) is 0 Å². The lowest BCUT2D eigenvalue weighted by Crippen LogP contribution is -2.41. The molecule has 27 heavy (non-hydrogen) atoms. The molecular formula is C19H30N4O3S. The van der Waals surface area contributed by atoms with Gasteiger partial charge in [-0.1, -0.05) is 12.1 Å². The molecule has 1 aromatic rings. The number of sulfone groups is 1. The van der Waals surface area contributed by atoms with Crippen LogP contribution in [0.15, 0.2) is 29.3 Å². The van der Waals surface area contributed by atoms with E-state index in [1.54, 1.807) is 27.8 Å². The molecule has 1 heterocycles. The summed E-state index contributed by atoms with van der Waals surface area (Å²) in [6.07, 6.45) is 1.53. The van der Waals surface area contributed by atoms with Crippen LogP contribution in [0.25, 0.3) is 0 Å². The van der Waals surface area contributed by atoms with Crippen LogP contribution in [0.4, 0.5) is 5.69 Å². The third-order valence-corrected chi connectivity index (χ3v) is 7.21. The van der Waals surface area contributed by atoms with Crippen molar-refractivity contribution in [2.75, 3.05) is 30.8 Å². The number of hydrogen-bond donors (Lipinski definition) is 2. The molecule has 1 amide bonds. The summed E-state index contributed by atoms with van der Waals surface area (Å²) in [7, 11) is -1.52. The zero-order chi connectivity index (χ0) is 20.1. The van der Waals surface area contributed by atoms with Crippen LogP contribution in [0.5, 0.6) is 0 Å². The first-order chi connectivity index (χ1) is 12.6. The minimum Gasteiger partial charge on any atom is -0.355 e. The number of amides is 1. The van der Waals surface area contributed by atoms with E-state index in [2.05, 4.69) is 15.6 Å². The first kappa shape index (κ1) is 21.2. The number of anilines is 1. The highest BCUT2D eigenvalue weighted by Gasteiger charge is 2.28. The second-order valence-corrected chi connectivity index (χ2v) is 10.5. The van der Waals surface area contributed by atoms with Crippen LogP contribution in [0.2, 0.25) is 0 Å². The van der Waals surface area contributed by atoms with Gasteiger partial charge in [-0.2, -0.15) is 0 Å². The average Bonchev–Trinajstić information content (AvgIpc) is 3.03. The molecule has 1 aliphatic rings. The molecule has 7 nitrogen and oxygen atoms in total. The van der Waals surface area contributed by atoms with E-state index in [1.807, 2.05) is 29.2 Å². The summed E-state index contributed by atoms with van der Waals surface area (Å²) in [6.45, 7) is 6.75. The van der Waals surface area contributed by atoms with Gasteiger partial charge in [0.25, 0.3) is 0 Å². The first-order valence-corrected chi connectivity index (χ1v) is 10.9. The van der Waals surface area contributed by atoms with Gasteiger partial charge in [0.2, 0.25) is 5.91 Å². The highest BCUT2D eigenvalue weighted by atomic mass is 32.2. The monoisotopic (exact) mass is 394 g/mol. The molecule has 2 N–H and O–H groups in total. The number of guanidine groups is 1. The summed E-state index contributed by atoms with van der Waals surface area (Å²) in [6, 6.07) is 7.86. The highest BCUT2D eigenvalue weighted by molar-refractivity contribution is 7.92. The van der Waals surface area contributed by atoms with Crippen LogP contribution in [-0.2, 0) is 21.2 Å². The Hall–Kier alpha value is -2.09. The van der Waals surface area contributed by atoms with E-state index in [1.165, 1.54) is 0 Å². The Labute approximate surface area is 162 Å². The van der Waals surface area contributed by atoms with Gasteiger partial charge in [0, 0.05) is 38.8 Å². The molecule has 0 aromatic heterocycles. The normalized spacial score (nSPS) is 15.9. The van der Waals surface area contributed by atoms with E-state index in [4.69, 9.17) is 0 Å². The largest absolute Gasteiger partial charge is 0.355 e. The molecule has 0 unspecified atom stereocenters. The Morgan fingerprint density at radius 2 is 1.85 bits per heavy atom. The van der Waals surface area contributed by atoms with Crippen molar-refractivity contribution < 1.29 is 13.2 Å². The SMILES string of the molecule is CN=C(NCCS(=O)(=O)C(C)(C)C)NCc1ccc(N2CCCC2=O)cc1. The fourth-order valence-electron chi connectivity index (χ4n) is 2.73. The highest BCUT2D eigenvalue weighted by Crippen LogP contribution is 2.21. The summed E-state index contributed by atoms with van der Waals surface area (Å²) >= 11 is 0. The number of nitrogens with zero attached hydrogens (tertiary/aromatic N) is 2. The topological polar surface area (TPSA) is 90.9 Å². The zero-order valence-electron chi connectivity index (χ0n) is 16.6. The van der Waals surface area contributed by atoms with Gasteiger partial charge in [-0.15, -0.1) is 0 Å². The van der Waals surface area contributed by atoms with Gasteiger partial charge in [-0.05, 0) is 44.9 Å². The Kier molecular flexibility index (Phi) is 6.86. The second-order valence-electron chi connectivity index (χ2n) is 7.60. The summed E-state index contributed by atoms with van der Waals surface area (Å²) in [4.78, 5) is 17.7. The Bertz CT molecular complexity index is 780. The molecule has 1 aromatic carbocycles. The Morgan fingerprint density at radius 3 is 2.37 bits per heavy atom. The van der Waals surface area contributed by atoms with Gasteiger partial charge < -0.3 is 15.5 Å². The van der Waals surface area contributed by atoms with Crippen molar-refractivity contribution >= 4 is 27.4 Å². The molecule has 8 heteroatoms. The van der Waals surface area contributed by atoms with Crippen molar-refractivity contribution in [3.05, 3.63) is 29.8 Å². The Balaban J connectivity index is 1.83.